The minimum absolute atomic E-state index is 1.01. The van der Waals surface area contributed by atoms with Gasteiger partial charge in [-0.15, -0.1) is 11.8 Å². The van der Waals surface area contributed by atoms with Crippen LogP contribution >= 0.6 is 11.8 Å². The molecule has 168 valence electrons. The van der Waals surface area contributed by atoms with Crippen molar-refractivity contribution >= 4 is 39.3 Å². The summed E-state index contributed by atoms with van der Waals surface area (Å²) in [6.45, 7) is 1.01. The second-order valence-corrected chi connectivity index (χ2v) is 10.1. The minimum Gasteiger partial charge on any atom is -0.383 e. The van der Waals surface area contributed by atoms with Crippen LogP contribution in [0.4, 0.5) is 5.69 Å². The van der Waals surface area contributed by atoms with Crippen molar-refractivity contribution in [3.05, 3.63) is 115 Å². The lowest BCUT2D eigenvalue weighted by Gasteiger charge is -2.19. The molecule has 1 aliphatic heterocycles. The largest absolute Gasteiger partial charge is 0.383 e. The molecule has 0 unspecified atom stereocenters. The van der Waals surface area contributed by atoms with Crippen molar-refractivity contribution in [1.29, 1.82) is 0 Å². The molecule has 2 nitrogen and oxygen atoms in total. The third-order valence-electron chi connectivity index (χ3n) is 6.88. The van der Waals surface area contributed by atoms with E-state index in [9.17, 15) is 0 Å². The van der Waals surface area contributed by atoms with Gasteiger partial charge in [0, 0.05) is 39.3 Å². The predicted octanol–water partition coefficient (Wildman–Crippen LogP) is 8.64. The monoisotopic (exact) mass is 468 g/mol. The van der Waals surface area contributed by atoms with E-state index in [2.05, 4.69) is 125 Å². The number of rotatable bonds is 3. The van der Waals surface area contributed by atoms with E-state index >= 15 is 0 Å². The molecule has 3 heteroatoms. The smallest absolute Gasteiger partial charge is 0.0541 e. The molecule has 0 radical (unpaired) electrons. The highest BCUT2D eigenvalue weighted by Crippen LogP contribution is 2.39. The lowest BCUT2D eigenvalue weighted by molar-refractivity contribution is 1.13. The first-order chi connectivity index (χ1) is 17.3. The Morgan fingerprint density at radius 2 is 1.17 bits per heavy atom. The van der Waals surface area contributed by atoms with Gasteiger partial charge in [0.1, 0.15) is 0 Å². The SMILES string of the molecule is c1ccc(-c2ccc3c(c2)c2cc(-c4ccccc4)ccc2n3-c2ccc3c(c2)NCCS3)cc1. The van der Waals surface area contributed by atoms with Crippen molar-refractivity contribution in [1.82, 2.24) is 4.57 Å². The van der Waals surface area contributed by atoms with Crippen molar-refractivity contribution in [2.45, 2.75) is 4.90 Å². The van der Waals surface area contributed by atoms with Crippen LogP contribution in [0.15, 0.2) is 120 Å². The van der Waals surface area contributed by atoms with E-state index in [4.69, 9.17) is 0 Å². The Labute approximate surface area is 209 Å². The maximum absolute atomic E-state index is 3.59. The Kier molecular flexibility index (Phi) is 4.88. The Hall–Kier alpha value is -3.95. The van der Waals surface area contributed by atoms with Crippen LogP contribution in [0.2, 0.25) is 0 Å². The van der Waals surface area contributed by atoms with E-state index in [1.165, 1.54) is 60.3 Å². The first-order valence-electron chi connectivity index (χ1n) is 12.1. The molecule has 5 aromatic carbocycles. The van der Waals surface area contributed by atoms with Gasteiger partial charge in [-0.3, -0.25) is 0 Å². The van der Waals surface area contributed by atoms with Crippen molar-refractivity contribution in [3.63, 3.8) is 0 Å². The summed E-state index contributed by atoms with van der Waals surface area (Å²) in [5.41, 5.74) is 9.85. The quantitative estimate of drug-likeness (QED) is 0.280. The topological polar surface area (TPSA) is 17.0 Å². The van der Waals surface area contributed by atoms with Crippen molar-refractivity contribution in [3.8, 4) is 27.9 Å². The van der Waals surface area contributed by atoms with Crippen LogP contribution in [0.1, 0.15) is 0 Å². The number of nitrogens with zero attached hydrogens (tertiary/aromatic N) is 1. The first kappa shape index (κ1) is 20.4. The molecule has 0 atom stereocenters. The van der Waals surface area contributed by atoms with Gasteiger partial charge >= 0.3 is 0 Å². The molecule has 0 fully saturated rings. The average molecular weight is 469 g/mol. The lowest BCUT2D eigenvalue weighted by Crippen LogP contribution is -2.10. The summed E-state index contributed by atoms with van der Waals surface area (Å²) >= 11 is 1.93. The number of hydrogen-bond donors (Lipinski definition) is 1. The van der Waals surface area contributed by atoms with Crippen LogP contribution in [0.3, 0.4) is 0 Å². The van der Waals surface area contributed by atoms with Crippen molar-refractivity contribution < 1.29 is 0 Å². The highest BCUT2D eigenvalue weighted by molar-refractivity contribution is 7.99. The number of nitrogens with one attached hydrogen (secondary N) is 1. The first-order valence-corrected chi connectivity index (χ1v) is 13.0. The zero-order valence-electron chi connectivity index (χ0n) is 19.2. The Morgan fingerprint density at radius 3 is 1.77 bits per heavy atom. The van der Waals surface area contributed by atoms with E-state index in [0.29, 0.717) is 0 Å². The second kappa shape index (κ2) is 8.37. The van der Waals surface area contributed by atoms with Gasteiger partial charge in [-0.2, -0.15) is 0 Å². The molecule has 0 amide bonds. The van der Waals surface area contributed by atoms with Gasteiger partial charge in [0.2, 0.25) is 0 Å². The fraction of sp³-hybridized carbons (Fsp3) is 0.0625. The molecule has 0 aliphatic carbocycles. The fourth-order valence-corrected chi connectivity index (χ4v) is 6.06. The van der Waals surface area contributed by atoms with Crippen LogP contribution in [-0.2, 0) is 0 Å². The Balaban J connectivity index is 1.50. The molecular formula is C32H24N2S. The molecule has 0 saturated carbocycles. The summed E-state index contributed by atoms with van der Waals surface area (Å²) in [4.78, 5) is 1.33. The lowest BCUT2D eigenvalue weighted by atomic mass is 10.0. The Bertz CT molecular complexity index is 1590. The third kappa shape index (κ3) is 3.51. The molecule has 0 spiro atoms. The van der Waals surface area contributed by atoms with Gasteiger partial charge in [0.05, 0.1) is 11.0 Å². The summed E-state index contributed by atoms with van der Waals surface area (Å²) in [6, 6.07) is 41.9. The molecule has 6 aromatic rings. The van der Waals surface area contributed by atoms with E-state index in [1.807, 2.05) is 11.8 Å². The molecule has 7 rings (SSSR count). The standard InChI is InChI=1S/C32H24N2S/c1-3-7-22(8-4-1)24-11-14-30-27(19-24)28-20-25(23-9-5-2-6-10-23)12-15-31(28)34(30)26-13-16-32-29(21-26)33-17-18-35-32/h1-16,19-21,33H,17-18H2. The number of aromatic nitrogens is 1. The molecule has 2 heterocycles. The molecule has 1 aromatic heterocycles. The van der Waals surface area contributed by atoms with Crippen LogP contribution < -0.4 is 5.32 Å². The van der Waals surface area contributed by atoms with E-state index < -0.39 is 0 Å². The molecule has 1 N–H and O–H groups in total. The van der Waals surface area contributed by atoms with Crippen molar-refractivity contribution in [2.75, 3.05) is 17.6 Å². The summed E-state index contributed by atoms with van der Waals surface area (Å²) < 4.78 is 2.41. The van der Waals surface area contributed by atoms with E-state index in [-0.39, 0.29) is 0 Å². The summed E-state index contributed by atoms with van der Waals surface area (Å²) in [6.07, 6.45) is 0. The normalized spacial score (nSPS) is 13.0. The highest BCUT2D eigenvalue weighted by Gasteiger charge is 2.16. The van der Waals surface area contributed by atoms with E-state index in [0.717, 1.165) is 12.3 Å². The van der Waals surface area contributed by atoms with Crippen LogP contribution in [0.5, 0.6) is 0 Å². The summed E-state index contributed by atoms with van der Waals surface area (Å²) in [5.74, 6) is 1.12. The maximum Gasteiger partial charge on any atom is 0.0541 e. The van der Waals surface area contributed by atoms with Crippen molar-refractivity contribution in [2.24, 2.45) is 0 Å². The highest BCUT2D eigenvalue weighted by atomic mass is 32.2. The molecule has 35 heavy (non-hydrogen) atoms. The maximum atomic E-state index is 3.59. The van der Waals surface area contributed by atoms with E-state index in [1.54, 1.807) is 0 Å². The zero-order valence-corrected chi connectivity index (χ0v) is 20.1. The van der Waals surface area contributed by atoms with Gasteiger partial charge < -0.3 is 9.88 Å². The zero-order chi connectivity index (χ0) is 23.2. The minimum atomic E-state index is 1.01. The Morgan fingerprint density at radius 1 is 0.571 bits per heavy atom. The summed E-state index contributed by atoms with van der Waals surface area (Å²) in [7, 11) is 0. The van der Waals surface area contributed by atoms with Crippen LogP contribution in [0, 0.1) is 0 Å². The molecule has 0 bridgehead atoms. The number of thioether (sulfide) groups is 1. The summed E-state index contributed by atoms with van der Waals surface area (Å²) in [5, 5.41) is 6.14. The number of hydrogen-bond acceptors (Lipinski definition) is 2. The fourth-order valence-electron chi connectivity index (χ4n) is 5.19. The predicted molar refractivity (Wildman–Crippen MR) is 151 cm³/mol. The van der Waals surface area contributed by atoms with Gasteiger partial charge in [-0.05, 0) is 64.7 Å². The molecule has 0 saturated heterocycles. The molecule has 1 aliphatic rings. The average Bonchev–Trinajstić information content (AvgIpc) is 3.27. The van der Waals surface area contributed by atoms with Crippen LogP contribution in [-0.4, -0.2) is 16.9 Å². The third-order valence-corrected chi connectivity index (χ3v) is 7.95. The van der Waals surface area contributed by atoms with Crippen LogP contribution in [0.25, 0.3) is 49.7 Å². The number of anilines is 1. The second-order valence-electron chi connectivity index (χ2n) is 8.99. The molecular weight excluding hydrogens is 444 g/mol. The number of benzene rings is 5. The van der Waals surface area contributed by atoms with Gasteiger partial charge in [-0.25, -0.2) is 0 Å². The number of fused-ring (bicyclic) bond motifs is 4. The van der Waals surface area contributed by atoms with Gasteiger partial charge in [-0.1, -0.05) is 72.8 Å². The van der Waals surface area contributed by atoms with Gasteiger partial charge in [0.25, 0.3) is 0 Å². The van der Waals surface area contributed by atoms with Gasteiger partial charge in [0.15, 0.2) is 0 Å².